The third-order valence-electron chi connectivity index (χ3n) is 1.83. The Morgan fingerprint density at radius 2 is 2.29 bits per heavy atom. The van der Waals surface area contributed by atoms with Crippen LogP contribution in [0.25, 0.3) is 5.57 Å². The molecule has 0 aliphatic carbocycles. The first-order chi connectivity index (χ1) is 6.81. The summed E-state index contributed by atoms with van der Waals surface area (Å²) in [7, 11) is 0. The highest BCUT2D eigenvalue weighted by Crippen LogP contribution is 2.12. The minimum absolute atomic E-state index is 0.840. The molecule has 0 saturated carbocycles. The molecule has 0 aromatic carbocycles. The second-order valence-electron chi connectivity index (χ2n) is 2.77. The van der Waals surface area contributed by atoms with Crippen LogP contribution in [-0.4, -0.2) is 9.97 Å². The van der Waals surface area contributed by atoms with Gasteiger partial charge in [-0.2, -0.15) is 0 Å². The summed E-state index contributed by atoms with van der Waals surface area (Å²) in [5.74, 6) is 0.847. The largest absolute Gasteiger partial charge is 0.241 e. The topological polar surface area (TPSA) is 25.8 Å². The highest BCUT2D eigenvalue weighted by Gasteiger charge is 1.99. The van der Waals surface area contributed by atoms with Gasteiger partial charge in [-0.15, -0.1) is 0 Å². The molecule has 0 radical (unpaired) electrons. The fourth-order valence-electron chi connectivity index (χ4n) is 1.12. The molecule has 1 heterocycles. The Morgan fingerprint density at radius 3 is 2.86 bits per heavy atom. The van der Waals surface area contributed by atoms with Crippen molar-refractivity contribution in [1.82, 2.24) is 9.97 Å². The summed E-state index contributed by atoms with van der Waals surface area (Å²) in [6, 6.07) is 1.87. The molecule has 0 aliphatic heterocycles. The molecule has 0 spiro atoms. The lowest BCUT2D eigenvalue weighted by Crippen LogP contribution is -1.95. The van der Waals surface area contributed by atoms with Gasteiger partial charge in [-0.3, -0.25) is 0 Å². The van der Waals surface area contributed by atoms with Gasteiger partial charge in [0.2, 0.25) is 0 Å². The van der Waals surface area contributed by atoms with Crippen molar-refractivity contribution < 1.29 is 0 Å². The molecule has 1 rings (SSSR count). The van der Waals surface area contributed by atoms with Gasteiger partial charge >= 0.3 is 0 Å². The minimum Gasteiger partial charge on any atom is -0.241 e. The van der Waals surface area contributed by atoms with E-state index in [1.165, 1.54) is 0 Å². The van der Waals surface area contributed by atoms with Crippen molar-refractivity contribution in [3.8, 4) is 0 Å². The van der Waals surface area contributed by atoms with Crippen molar-refractivity contribution in [2.24, 2.45) is 0 Å². The minimum atomic E-state index is 0.840. The molecule has 14 heavy (non-hydrogen) atoms. The Bertz CT molecular complexity index is 364. The molecule has 0 aliphatic rings. The van der Waals surface area contributed by atoms with Gasteiger partial charge in [-0.1, -0.05) is 38.3 Å². The van der Waals surface area contributed by atoms with Crippen LogP contribution in [0.15, 0.2) is 43.6 Å². The van der Waals surface area contributed by atoms with Crippen LogP contribution in [0.2, 0.25) is 0 Å². The lowest BCUT2D eigenvalue weighted by Gasteiger charge is -2.01. The van der Waals surface area contributed by atoms with E-state index in [0.717, 1.165) is 23.5 Å². The first-order valence-electron chi connectivity index (χ1n) is 4.59. The van der Waals surface area contributed by atoms with Gasteiger partial charge in [0.15, 0.2) is 0 Å². The Hall–Kier alpha value is -1.70. The summed E-state index contributed by atoms with van der Waals surface area (Å²) in [6.45, 7) is 9.42. The van der Waals surface area contributed by atoms with Crippen LogP contribution >= 0.6 is 0 Å². The molecule has 1 aromatic rings. The summed E-state index contributed by atoms with van der Waals surface area (Å²) in [4.78, 5) is 8.52. The van der Waals surface area contributed by atoms with Gasteiger partial charge in [-0.25, -0.2) is 9.97 Å². The van der Waals surface area contributed by atoms with E-state index in [1.807, 2.05) is 19.1 Å². The zero-order valence-corrected chi connectivity index (χ0v) is 8.40. The van der Waals surface area contributed by atoms with Crippen LogP contribution < -0.4 is 0 Å². The number of aromatic nitrogens is 2. The van der Waals surface area contributed by atoms with E-state index >= 15 is 0 Å². The van der Waals surface area contributed by atoms with E-state index in [1.54, 1.807) is 18.3 Å². The molecule has 72 valence electrons. The molecule has 0 fully saturated rings. The molecule has 0 saturated heterocycles. The predicted molar refractivity (Wildman–Crippen MR) is 59.8 cm³/mol. The van der Waals surface area contributed by atoms with E-state index in [0.29, 0.717) is 0 Å². The highest BCUT2D eigenvalue weighted by atomic mass is 14.9. The van der Waals surface area contributed by atoms with E-state index < -0.39 is 0 Å². The molecule has 0 atom stereocenters. The molecule has 0 N–H and O–H groups in total. The SMILES string of the molecule is C=C/C=C(\C=C)c1ccnc(CC)n1. The molecule has 2 nitrogen and oxygen atoms in total. The van der Waals surface area contributed by atoms with Crippen molar-refractivity contribution >= 4 is 5.57 Å². The van der Waals surface area contributed by atoms with E-state index in [2.05, 4.69) is 23.1 Å². The summed E-state index contributed by atoms with van der Waals surface area (Å²) in [5.41, 5.74) is 1.86. The maximum Gasteiger partial charge on any atom is 0.128 e. The first-order valence-corrected chi connectivity index (χ1v) is 4.59. The fraction of sp³-hybridized carbons (Fsp3) is 0.167. The standard InChI is InChI=1S/C12H14N2/c1-4-7-10(5-2)11-8-9-13-12(6-3)14-11/h4-5,7-9H,1-2,6H2,3H3/b10-7+. The van der Waals surface area contributed by atoms with Gasteiger partial charge in [0.1, 0.15) is 5.82 Å². The van der Waals surface area contributed by atoms with Gasteiger partial charge in [0, 0.05) is 12.6 Å². The smallest absolute Gasteiger partial charge is 0.128 e. The van der Waals surface area contributed by atoms with Crippen molar-refractivity contribution in [3.63, 3.8) is 0 Å². The van der Waals surface area contributed by atoms with Crippen LogP contribution in [0.5, 0.6) is 0 Å². The number of allylic oxidation sites excluding steroid dienone is 4. The number of rotatable bonds is 4. The Morgan fingerprint density at radius 1 is 1.50 bits per heavy atom. The van der Waals surface area contributed by atoms with E-state index in [9.17, 15) is 0 Å². The highest BCUT2D eigenvalue weighted by molar-refractivity contribution is 5.72. The summed E-state index contributed by atoms with van der Waals surface area (Å²) < 4.78 is 0. The van der Waals surface area contributed by atoms with Gasteiger partial charge in [-0.05, 0) is 11.6 Å². The van der Waals surface area contributed by atoms with Gasteiger partial charge < -0.3 is 0 Å². The van der Waals surface area contributed by atoms with Gasteiger partial charge in [0.05, 0.1) is 5.69 Å². The quantitative estimate of drug-likeness (QED) is 0.676. The summed E-state index contributed by atoms with van der Waals surface area (Å²) >= 11 is 0. The molecule has 1 aromatic heterocycles. The molecule has 0 bridgehead atoms. The van der Waals surface area contributed by atoms with Crippen molar-refractivity contribution in [2.75, 3.05) is 0 Å². The Labute approximate surface area is 84.7 Å². The molecule has 0 amide bonds. The number of aryl methyl sites for hydroxylation is 1. The Balaban J connectivity index is 3.10. The number of hydrogen-bond acceptors (Lipinski definition) is 2. The first kappa shape index (κ1) is 10.4. The summed E-state index contributed by atoms with van der Waals surface area (Å²) in [5, 5.41) is 0. The molecular formula is C12H14N2. The normalized spacial score (nSPS) is 11.1. The van der Waals surface area contributed by atoms with Crippen LogP contribution in [0.1, 0.15) is 18.4 Å². The fourth-order valence-corrected chi connectivity index (χ4v) is 1.12. The van der Waals surface area contributed by atoms with Crippen LogP contribution in [0, 0.1) is 0 Å². The lowest BCUT2D eigenvalue weighted by molar-refractivity contribution is 0.931. The predicted octanol–water partition coefficient (Wildman–Crippen LogP) is 2.79. The van der Waals surface area contributed by atoms with Crippen molar-refractivity contribution in [2.45, 2.75) is 13.3 Å². The van der Waals surface area contributed by atoms with Crippen molar-refractivity contribution in [1.29, 1.82) is 0 Å². The van der Waals surface area contributed by atoms with Crippen LogP contribution in [0.4, 0.5) is 0 Å². The van der Waals surface area contributed by atoms with E-state index in [4.69, 9.17) is 0 Å². The zero-order valence-electron chi connectivity index (χ0n) is 8.40. The molecular weight excluding hydrogens is 172 g/mol. The summed E-state index contributed by atoms with van der Waals surface area (Å²) in [6.07, 6.45) is 7.98. The van der Waals surface area contributed by atoms with Crippen LogP contribution in [-0.2, 0) is 6.42 Å². The third kappa shape index (κ3) is 2.39. The lowest BCUT2D eigenvalue weighted by atomic mass is 10.1. The zero-order chi connectivity index (χ0) is 10.4. The average Bonchev–Trinajstić information content (AvgIpc) is 2.26. The molecule has 2 heteroatoms. The second kappa shape index (κ2) is 5.12. The average molecular weight is 186 g/mol. The maximum absolute atomic E-state index is 4.38. The maximum atomic E-state index is 4.38. The second-order valence-corrected chi connectivity index (χ2v) is 2.77. The number of hydrogen-bond donors (Lipinski definition) is 0. The third-order valence-corrected chi connectivity index (χ3v) is 1.83. The Kier molecular flexibility index (Phi) is 3.80. The molecule has 0 unspecified atom stereocenters. The van der Waals surface area contributed by atoms with Gasteiger partial charge in [0.25, 0.3) is 0 Å². The van der Waals surface area contributed by atoms with Crippen molar-refractivity contribution in [3.05, 3.63) is 55.2 Å². The van der Waals surface area contributed by atoms with Crippen LogP contribution in [0.3, 0.4) is 0 Å². The monoisotopic (exact) mass is 186 g/mol. The van der Waals surface area contributed by atoms with E-state index in [-0.39, 0.29) is 0 Å². The number of nitrogens with zero attached hydrogens (tertiary/aromatic N) is 2.